The Morgan fingerprint density at radius 3 is 2.64 bits per heavy atom. The van der Waals surface area contributed by atoms with Crippen molar-refractivity contribution < 1.29 is 23.1 Å². The van der Waals surface area contributed by atoms with Crippen LogP contribution < -0.4 is 10.1 Å². The van der Waals surface area contributed by atoms with E-state index in [1.54, 1.807) is 24.3 Å². The van der Waals surface area contributed by atoms with Crippen molar-refractivity contribution in [2.45, 2.75) is 37.6 Å². The highest BCUT2D eigenvalue weighted by Crippen LogP contribution is 2.36. The Hall–Kier alpha value is -1.98. The van der Waals surface area contributed by atoms with Crippen LogP contribution in [0.4, 0.5) is 8.78 Å². The minimum absolute atomic E-state index is 0.0739. The first kappa shape index (κ1) is 14.9. The topological polar surface area (TPSA) is 55.4 Å². The molecule has 0 saturated heterocycles. The molecule has 0 aromatic heterocycles. The molecule has 1 aromatic carbocycles. The average molecular weight is 309 g/mol. The Bertz CT molecular complexity index is 593. The summed E-state index contributed by atoms with van der Waals surface area (Å²) in [5, 5.41) is 2.65. The summed E-state index contributed by atoms with van der Waals surface area (Å²) in [5.41, 5.74) is 0.439. The lowest BCUT2D eigenvalue weighted by Crippen LogP contribution is -2.49. The third kappa shape index (κ3) is 2.96. The molecule has 6 heteroatoms. The summed E-state index contributed by atoms with van der Waals surface area (Å²) >= 11 is 0. The van der Waals surface area contributed by atoms with Crippen molar-refractivity contribution in [2.24, 2.45) is 5.92 Å². The van der Waals surface area contributed by atoms with Gasteiger partial charge >= 0.3 is 0 Å². The van der Waals surface area contributed by atoms with E-state index in [4.69, 9.17) is 4.74 Å². The van der Waals surface area contributed by atoms with E-state index >= 15 is 0 Å². The number of Topliss-reactive ketones (excluding diaryl/α,β-unsaturated/α-hetero) is 1. The van der Waals surface area contributed by atoms with Gasteiger partial charge in [0.05, 0.1) is 5.56 Å². The highest BCUT2D eigenvalue weighted by atomic mass is 19.3. The van der Waals surface area contributed by atoms with Gasteiger partial charge in [-0.1, -0.05) is 12.1 Å². The minimum Gasteiger partial charge on any atom is -0.490 e. The van der Waals surface area contributed by atoms with E-state index in [2.05, 4.69) is 5.32 Å². The van der Waals surface area contributed by atoms with Gasteiger partial charge in [-0.25, -0.2) is 8.78 Å². The first-order valence-electron chi connectivity index (χ1n) is 7.40. The number of alkyl halides is 2. The molecule has 0 spiro atoms. The Morgan fingerprint density at radius 2 is 1.91 bits per heavy atom. The normalized spacial score (nSPS) is 24.3. The van der Waals surface area contributed by atoms with E-state index in [1.165, 1.54) is 0 Å². The monoisotopic (exact) mass is 309 g/mol. The van der Waals surface area contributed by atoms with Crippen LogP contribution in [0.5, 0.6) is 5.75 Å². The molecule has 118 valence electrons. The van der Waals surface area contributed by atoms with Crippen molar-refractivity contribution in [2.75, 3.05) is 6.61 Å². The number of amides is 1. The number of halogens is 2. The summed E-state index contributed by atoms with van der Waals surface area (Å²) in [6.45, 7) is 0.0739. The second-order valence-electron chi connectivity index (χ2n) is 5.86. The molecular weight excluding hydrogens is 292 g/mol. The minimum atomic E-state index is -2.67. The van der Waals surface area contributed by atoms with E-state index in [-0.39, 0.29) is 44.0 Å². The Labute approximate surface area is 126 Å². The largest absolute Gasteiger partial charge is 0.490 e. The zero-order chi connectivity index (χ0) is 15.7. The molecule has 1 amide bonds. The smallest absolute Gasteiger partial charge is 0.248 e. The summed E-state index contributed by atoms with van der Waals surface area (Å²) in [6, 6.07) is 6.11. The number of carbonyl (C=O) groups excluding carboxylic acids is 2. The molecule has 1 aliphatic heterocycles. The maximum Gasteiger partial charge on any atom is 0.248 e. The molecule has 1 fully saturated rings. The maximum atomic E-state index is 13.1. The van der Waals surface area contributed by atoms with Crippen LogP contribution in [0.3, 0.4) is 0 Å². The molecule has 0 radical (unpaired) electrons. The molecule has 3 rings (SSSR count). The second kappa shape index (κ2) is 5.66. The van der Waals surface area contributed by atoms with Gasteiger partial charge in [0.1, 0.15) is 18.4 Å². The van der Waals surface area contributed by atoms with Crippen LogP contribution in [0, 0.1) is 5.92 Å². The molecule has 1 heterocycles. The van der Waals surface area contributed by atoms with Gasteiger partial charge in [-0.15, -0.1) is 0 Å². The fourth-order valence-corrected chi connectivity index (χ4v) is 2.93. The number of ketones is 1. The van der Waals surface area contributed by atoms with E-state index in [1.807, 2.05) is 0 Å². The predicted octanol–water partition coefficient (Wildman–Crippen LogP) is 2.57. The molecule has 1 atom stereocenters. The van der Waals surface area contributed by atoms with Crippen LogP contribution in [0.15, 0.2) is 24.3 Å². The first-order valence-corrected chi connectivity index (χ1v) is 7.40. The maximum absolute atomic E-state index is 13.1. The van der Waals surface area contributed by atoms with E-state index in [0.717, 1.165) is 0 Å². The molecule has 1 saturated carbocycles. The molecule has 0 bridgehead atoms. The third-order valence-corrected chi connectivity index (χ3v) is 4.28. The van der Waals surface area contributed by atoms with Crippen molar-refractivity contribution in [1.29, 1.82) is 0 Å². The number of carbonyl (C=O) groups is 2. The average Bonchev–Trinajstić information content (AvgIpc) is 2.50. The van der Waals surface area contributed by atoms with Gasteiger partial charge in [0.2, 0.25) is 11.8 Å². The predicted molar refractivity (Wildman–Crippen MR) is 75.1 cm³/mol. The van der Waals surface area contributed by atoms with Gasteiger partial charge in [0, 0.05) is 18.8 Å². The third-order valence-electron chi connectivity index (χ3n) is 4.28. The fourth-order valence-electron chi connectivity index (χ4n) is 2.93. The highest BCUT2D eigenvalue weighted by Gasteiger charge is 2.39. The van der Waals surface area contributed by atoms with Gasteiger partial charge < -0.3 is 10.1 Å². The number of fused-ring (bicyclic) bond motifs is 1. The van der Waals surface area contributed by atoms with Crippen LogP contribution >= 0.6 is 0 Å². The van der Waals surface area contributed by atoms with Gasteiger partial charge in [-0.05, 0) is 25.0 Å². The van der Waals surface area contributed by atoms with Crippen molar-refractivity contribution in [1.82, 2.24) is 5.32 Å². The Morgan fingerprint density at radius 1 is 1.23 bits per heavy atom. The summed E-state index contributed by atoms with van der Waals surface area (Å²) < 4.78 is 31.7. The van der Waals surface area contributed by atoms with Gasteiger partial charge in [0.25, 0.3) is 0 Å². The molecule has 2 aliphatic rings. The molecule has 4 nitrogen and oxygen atoms in total. The van der Waals surface area contributed by atoms with Crippen LogP contribution in [0.1, 0.15) is 36.0 Å². The van der Waals surface area contributed by atoms with Crippen molar-refractivity contribution >= 4 is 11.7 Å². The summed E-state index contributed by atoms with van der Waals surface area (Å²) in [5.74, 6) is -3.15. The SMILES string of the molecule is O=C(N[C@H]1COc2ccccc2C1=O)C1CCC(F)(F)CC1. The lowest BCUT2D eigenvalue weighted by molar-refractivity contribution is -0.129. The molecule has 0 unspecified atom stereocenters. The zero-order valence-corrected chi connectivity index (χ0v) is 12.0. The number of hydrogen-bond donors (Lipinski definition) is 1. The van der Waals surface area contributed by atoms with E-state index in [9.17, 15) is 18.4 Å². The number of hydrogen-bond acceptors (Lipinski definition) is 3. The molecular formula is C16H17F2NO3. The standard InChI is InChI=1S/C16H17F2NO3/c17-16(18)7-5-10(6-8-16)15(21)19-12-9-22-13-4-2-1-3-11(13)14(12)20/h1-4,10,12H,5-9H2,(H,19,21)/t12-/m0/s1. The lowest BCUT2D eigenvalue weighted by Gasteiger charge is -2.30. The van der Waals surface area contributed by atoms with Crippen molar-refractivity contribution in [3.05, 3.63) is 29.8 Å². The summed E-state index contributed by atoms with van der Waals surface area (Å²) in [7, 11) is 0. The second-order valence-corrected chi connectivity index (χ2v) is 5.86. The molecule has 1 aliphatic carbocycles. The number of nitrogens with one attached hydrogen (secondary N) is 1. The fraction of sp³-hybridized carbons (Fsp3) is 0.500. The Kier molecular flexibility index (Phi) is 3.85. The van der Waals surface area contributed by atoms with E-state index < -0.39 is 17.9 Å². The van der Waals surface area contributed by atoms with Gasteiger partial charge in [0.15, 0.2) is 5.78 Å². The summed E-state index contributed by atoms with van der Waals surface area (Å²) in [4.78, 5) is 24.5. The quantitative estimate of drug-likeness (QED) is 0.913. The molecule has 22 heavy (non-hydrogen) atoms. The van der Waals surface area contributed by atoms with Gasteiger partial charge in [-0.2, -0.15) is 0 Å². The van der Waals surface area contributed by atoms with Crippen LogP contribution in [0.2, 0.25) is 0 Å². The van der Waals surface area contributed by atoms with E-state index in [0.29, 0.717) is 11.3 Å². The van der Waals surface area contributed by atoms with Crippen molar-refractivity contribution in [3.63, 3.8) is 0 Å². The van der Waals surface area contributed by atoms with Crippen molar-refractivity contribution in [3.8, 4) is 5.75 Å². The van der Waals surface area contributed by atoms with Crippen LogP contribution in [0.25, 0.3) is 0 Å². The summed E-state index contributed by atoms with van der Waals surface area (Å²) in [6.07, 6.45) is -0.250. The van der Waals surface area contributed by atoms with Crippen LogP contribution in [-0.4, -0.2) is 30.3 Å². The van der Waals surface area contributed by atoms with Crippen LogP contribution in [-0.2, 0) is 4.79 Å². The number of benzene rings is 1. The number of rotatable bonds is 2. The number of ether oxygens (including phenoxy) is 1. The lowest BCUT2D eigenvalue weighted by atomic mass is 9.86. The number of para-hydroxylation sites is 1. The highest BCUT2D eigenvalue weighted by molar-refractivity contribution is 6.05. The zero-order valence-electron chi connectivity index (χ0n) is 12.0. The Balaban J connectivity index is 1.62. The first-order chi connectivity index (χ1) is 10.5. The molecule has 1 aromatic rings. The van der Waals surface area contributed by atoms with Gasteiger partial charge in [-0.3, -0.25) is 9.59 Å². The molecule has 1 N–H and O–H groups in total.